The lowest BCUT2D eigenvalue weighted by Crippen LogP contribution is -2.50. The molecule has 1 N–H and O–H groups in total. The van der Waals surface area contributed by atoms with Crippen LogP contribution in [0.1, 0.15) is 42.7 Å². The van der Waals surface area contributed by atoms with Crippen molar-refractivity contribution in [2.24, 2.45) is 5.92 Å². The molecule has 1 aliphatic heterocycles. The summed E-state index contributed by atoms with van der Waals surface area (Å²) >= 11 is 12.1. The van der Waals surface area contributed by atoms with Crippen LogP contribution in [-0.4, -0.2) is 23.4 Å². The van der Waals surface area contributed by atoms with E-state index < -0.39 is 35.2 Å². The van der Waals surface area contributed by atoms with E-state index in [-0.39, 0.29) is 30.7 Å². The highest BCUT2D eigenvalue weighted by Gasteiger charge is 2.57. The summed E-state index contributed by atoms with van der Waals surface area (Å²) in [5, 5.41) is 3.26. The van der Waals surface area contributed by atoms with E-state index in [0.717, 1.165) is 0 Å². The van der Waals surface area contributed by atoms with Crippen LogP contribution >= 0.6 is 23.2 Å². The van der Waals surface area contributed by atoms with E-state index in [1.807, 2.05) is 0 Å². The van der Waals surface area contributed by atoms with E-state index in [0.29, 0.717) is 16.1 Å². The van der Waals surface area contributed by atoms with Crippen molar-refractivity contribution in [2.45, 2.75) is 50.2 Å². The van der Waals surface area contributed by atoms with Gasteiger partial charge >= 0.3 is 6.18 Å². The van der Waals surface area contributed by atoms with Crippen LogP contribution in [0.5, 0.6) is 0 Å². The fourth-order valence-corrected chi connectivity index (χ4v) is 4.62. The number of rotatable bonds is 1. The molecule has 1 aliphatic carbocycles. The van der Waals surface area contributed by atoms with E-state index in [1.54, 1.807) is 13.0 Å². The third kappa shape index (κ3) is 3.14. The molecule has 1 aromatic carbocycles. The Morgan fingerprint density at radius 2 is 1.76 bits per heavy atom. The van der Waals surface area contributed by atoms with Crippen molar-refractivity contribution in [2.75, 3.05) is 0 Å². The first-order valence-corrected chi connectivity index (χ1v) is 8.69. The molecule has 1 saturated heterocycles. The minimum atomic E-state index is -4.28. The van der Waals surface area contributed by atoms with Crippen LogP contribution in [0.2, 0.25) is 10.0 Å². The highest BCUT2D eigenvalue weighted by Crippen LogP contribution is 2.46. The number of carbonyl (C=O) groups excluding carboxylic acids is 2. The first-order valence-electron chi connectivity index (χ1n) is 7.94. The van der Waals surface area contributed by atoms with Crippen molar-refractivity contribution >= 4 is 34.9 Å². The summed E-state index contributed by atoms with van der Waals surface area (Å²) < 4.78 is 38.6. The first kappa shape index (κ1) is 18.5. The van der Waals surface area contributed by atoms with Crippen LogP contribution in [0.15, 0.2) is 12.1 Å². The lowest BCUT2D eigenvalue weighted by Gasteiger charge is -2.36. The Balaban J connectivity index is 1.90. The Kier molecular flexibility index (Phi) is 4.57. The van der Waals surface area contributed by atoms with Gasteiger partial charge in [-0.05, 0) is 55.9 Å². The maximum atomic E-state index is 13.0. The molecule has 1 heterocycles. The van der Waals surface area contributed by atoms with E-state index in [2.05, 4.69) is 5.32 Å². The van der Waals surface area contributed by atoms with Gasteiger partial charge in [0.25, 0.3) is 0 Å². The molecule has 1 amide bonds. The van der Waals surface area contributed by atoms with Crippen LogP contribution in [0.4, 0.5) is 13.2 Å². The van der Waals surface area contributed by atoms with Crippen LogP contribution in [0.3, 0.4) is 0 Å². The van der Waals surface area contributed by atoms with Gasteiger partial charge in [-0.25, -0.2) is 0 Å². The van der Waals surface area contributed by atoms with Gasteiger partial charge < -0.3 is 5.32 Å². The zero-order valence-electron chi connectivity index (χ0n) is 13.3. The predicted molar refractivity (Wildman–Crippen MR) is 87.8 cm³/mol. The molecule has 2 aliphatic rings. The Labute approximate surface area is 152 Å². The predicted octanol–water partition coefficient (Wildman–Crippen LogP) is 4.58. The Morgan fingerprint density at radius 3 is 2.28 bits per heavy atom. The largest absolute Gasteiger partial charge is 0.391 e. The Bertz CT molecular complexity index is 717. The SMILES string of the molecule is Cc1cc(Cl)cc(Cl)c1C1C(=O)NC2(CCC(C(F)(F)F)CC2)C1=O. The average Bonchev–Trinajstić information content (AvgIpc) is 2.70. The maximum absolute atomic E-state index is 13.0. The van der Waals surface area contributed by atoms with Crippen molar-refractivity contribution in [3.63, 3.8) is 0 Å². The minimum absolute atomic E-state index is 0.0114. The van der Waals surface area contributed by atoms with Gasteiger partial charge in [0.15, 0.2) is 5.78 Å². The van der Waals surface area contributed by atoms with Gasteiger partial charge in [-0.1, -0.05) is 23.2 Å². The number of hydrogen-bond donors (Lipinski definition) is 1. The number of halogens is 5. The number of hydrogen-bond acceptors (Lipinski definition) is 2. The number of carbonyl (C=O) groups is 2. The fourth-order valence-electron chi connectivity index (χ4n) is 3.92. The standard InChI is InChI=1S/C17H16Cl2F3NO2/c1-8-6-10(18)7-11(19)12(8)13-14(24)16(23-15(13)25)4-2-9(3-5-16)17(20,21)22/h6-7,9,13H,2-5H2,1H3,(H,23,25). The summed E-state index contributed by atoms with van der Waals surface area (Å²) in [5.74, 6) is -3.44. The van der Waals surface area contributed by atoms with Crippen LogP contribution in [0.25, 0.3) is 0 Å². The second kappa shape index (κ2) is 6.16. The van der Waals surface area contributed by atoms with Gasteiger partial charge in [-0.3, -0.25) is 9.59 Å². The average molecular weight is 394 g/mol. The molecule has 0 aromatic heterocycles. The van der Waals surface area contributed by atoms with Gasteiger partial charge in [-0.2, -0.15) is 13.2 Å². The number of Topliss-reactive ketones (excluding diaryl/α,β-unsaturated/α-hetero) is 1. The molecular formula is C17H16Cl2F3NO2. The summed E-state index contributed by atoms with van der Waals surface area (Å²) in [6.07, 6.45) is -4.64. The van der Waals surface area contributed by atoms with Gasteiger partial charge in [0.1, 0.15) is 5.92 Å². The monoisotopic (exact) mass is 393 g/mol. The zero-order chi connectivity index (χ0) is 18.6. The quantitative estimate of drug-likeness (QED) is 0.709. The molecule has 1 aromatic rings. The Morgan fingerprint density at radius 1 is 1.16 bits per heavy atom. The van der Waals surface area contributed by atoms with Crippen LogP contribution in [0, 0.1) is 12.8 Å². The smallest absolute Gasteiger partial charge is 0.343 e. The minimum Gasteiger partial charge on any atom is -0.343 e. The topological polar surface area (TPSA) is 46.2 Å². The maximum Gasteiger partial charge on any atom is 0.391 e. The Hall–Kier alpha value is -1.27. The number of aryl methyl sites for hydroxylation is 1. The molecule has 25 heavy (non-hydrogen) atoms. The molecule has 1 unspecified atom stereocenters. The van der Waals surface area contributed by atoms with E-state index in [1.165, 1.54) is 6.07 Å². The lowest BCUT2D eigenvalue weighted by molar-refractivity contribution is -0.185. The zero-order valence-corrected chi connectivity index (χ0v) is 14.9. The van der Waals surface area contributed by atoms with E-state index in [9.17, 15) is 22.8 Å². The molecule has 1 saturated carbocycles. The third-order valence-electron chi connectivity index (χ3n) is 5.25. The highest BCUT2D eigenvalue weighted by molar-refractivity contribution is 6.36. The number of ketones is 1. The van der Waals surface area contributed by atoms with Crippen molar-refractivity contribution < 1.29 is 22.8 Å². The van der Waals surface area contributed by atoms with Gasteiger partial charge in [0, 0.05) is 10.0 Å². The molecule has 0 bridgehead atoms. The van der Waals surface area contributed by atoms with E-state index >= 15 is 0 Å². The van der Waals surface area contributed by atoms with Crippen molar-refractivity contribution in [1.29, 1.82) is 0 Å². The number of nitrogens with one attached hydrogen (secondary N) is 1. The molecule has 2 fully saturated rings. The highest BCUT2D eigenvalue weighted by atomic mass is 35.5. The van der Waals surface area contributed by atoms with Crippen molar-refractivity contribution in [3.05, 3.63) is 33.3 Å². The summed E-state index contributed by atoms with van der Waals surface area (Å²) in [6, 6.07) is 3.06. The van der Waals surface area contributed by atoms with Crippen LogP contribution in [-0.2, 0) is 9.59 Å². The fraction of sp³-hybridized carbons (Fsp3) is 0.529. The molecule has 3 nitrogen and oxygen atoms in total. The van der Waals surface area contributed by atoms with Crippen molar-refractivity contribution in [1.82, 2.24) is 5.32 Å². The van der Waals surface area contributed by atoms with Gasteiger partial charge in [-0.15, -0.1) is 0 Å². The molecule has 136 valence electrons. The lowest BCUT2D eigenvalue weighted by atomic mass is 9.72. The molecule has 0 radical (unpaired) electrons. The molecular weight excluding hydrogens is 378 g/mol. The molecule has 1 spiro atoms. The molecule has 3 rings (SSSR count). The molecule has 1 atom stereocenters. The first-order chi connectivity index (χ1) is 11.5. The summed E-state index contributed by atoms with van der Waals surface area (Å²) in [6.45, 7) is 1.69. The molecule has 8 heteroatoms. The summed E-state index contributed by atoms with van der Waals surface area (Å²) in [4.78, 5) is 25.5. The normalized spacial score (nSPS) is 30.0. The second-order valence-electron chi connectivity index (χ2n) is 6.80. The van der Waals surface area contributed by atoms with E-state index in [4.69, 9.17) is 23.2 Å². The van der Waals surface area contributed by atoms with Gasteiger partial charge in [0.05, 0.1) is 11.5 Å². The second-order valence-corrected chi connectivity index (χ2v) is 7.65. The summed E-state index contributed by atoms with van der Waals surface area (Å²) in [7, 11) is 0. The summed E-state index contributed by atoms with van der Waals surface area (Å²) in [5.41, 5.74) is -0.241. The number of alkyl halides is 3. The third-order valence-corrected chi connectivity index (χ3v) is 5.78. The number of benzene rings is 1. The number of amides is 1. The van der Waals surface area contributed by atoms with Crippen molar-refractivity contribution in [3.8, 4) is 0 Å². The van der Waals surface area contributed by atoms with Gasteiger partial charge in [0.2, 0.25) is 5.91 Å². The van der Waals surface area contributed by atoms with Crippen LogP contribution < -0.4 is 5.32 Å².